The van der Waals surface area contributed by atoms with E-state index < -0.39 is 0 Å². The zero-order valence-corrected chi connectivity index (χ0v) is 10.9. The molecule has 2 saturated carbocycles. The molecule has 2 fully saturated rings. The lowest BCUT2D eigenvalue weighted by Gasteiger charge is -2.31. The molecule has 0 aromatic rings. The first-order valence-electron chi connectivity index (χ1n) is 6.99. The average Bonchev–Trinajstić information content (AvgIpc) is 2.88. The van der Waals surface area contributed by atoms with Crippen LogP contribution in [0, 0.1) is 17.3 Å². The van der Waals surface area contributed by atoms with E-state index in [1.54, 1.807) is 0 Å². The van der Waals surface area contributed by atoms with Crippen LogP contribution in [0.25, 0.3) is 0 Å². The third kappa shape index (κ3) is 2.98. The number of hydrogen-bond acceptors (Lipinski definition) is 2. The smallest absolute Gasteiger partial charge is 0.0462 e. The first kappa shape index (κ1) is 12.4. The molecule has 2 atom stereocenters. The second-order valence-corrected chi connectivity index (χ2v) is 5.94. The van der Waals surface area contributed by atoms with Gasteiger partial charge in [-0.05, 0) is 62.3 Å². The Labute approximate surface area is 100 Å². The van der Waals surface area contributed by atoms with E-state index >= 15 is 0 Å². The van der Waals surface area contributed by atoms with Crippen molar-refractivity contribution < 1.29 is 4.74 Å². The highest BCUT2D eigenvalue weighted by molar-refractivity contribution is 5.03. The first-order chi connectivity index (χ1) is 7.79. The molecule has 94 valence electrons. The lowest BCUT2D eigenvalue weighted by molar-refractivity contribution is 0.157. The molecule has 0 aromatic heterocycles. The zero-order chi connectivity index (χ0) is 11.4. The van der Waals surface area contributed by atoms with E-state index in [1.807, 2.05) is 7.11 Å². The highest BCUT2D eigenvalue weighted by atomic mass is 16.5. The molecule has 2 rings (SSSR count). The summed E-state index contributed by atoms with van der Waals surface area (Å²) in [6.45, 7) is 5.61. The number of nitrogens with one attached hydrogen (secondary N) is 1. The van der Waals surface area contributed by atoms with Gasteiger partial charge in [-0.25, -0.2) is 0 Å². The molecule has 0 saturated heterocycles. The van der Waals surface area contributed by atoms with Gasteiger partial charge in [0.1, 0.15) is 0 Å². The maximum Gasteiger partial charge on any atom is 0.0462 e. The molecule has 0 radical (unpaired) electrons. The van der Waals surface area contributed by atoms with Gasteiger partial charge in [-0.3, -0.25) is 0 Å². The molecule has 2 heteroatoms. The Bertz CT molecular complexity index is 195. The molecule has 0 bridgehead atoms. The summed E-state index contributed by atoms with van der Waals surface area (Å²) in [7, 11) is 1.81. The molecule has 0 spiro atoms. The topological polar surface area (TPSA) is 21.3 Å². The normalized spacial score (nSPS) is 36.4. The third-order valence-electron chi connectivity index (χ3n) is 4.44. The van der Waals surface area contributed by atoms with Gasteiger partial charge < -0.3 is 10.1 Å². The predicted octanol–water partition coefficient (Wildman–Crippen LogP) is 2.83. The highest BCUT2D eigenvalue weighted by Gasteiger charge is 2.52. The Morgan fingerprint density at radius 3 is 2.69 bits per heavy atom. The minimum Gasteiger partial charge on any atom is -0.385 e. The standard InChI is InChI=1S/C14H27NO/c1-3-6-15-11-14(5-4-7-16-2)9-12-8-13(12)10-14/h12-13,15H,3-11H2,1-2H3. The predicted molar refractivity (Wildman–Crippen MR) is 67.5 cm³/mol. The van der Waals surface area contributed by atoms with Crippen molar-refractivity contribution in [2.45, 2.75) is 45.4 Å². The fourth-order valence-corrected chi connectivity index (χ4v) is 3.56. The third-order valence-corrected chi connectivity index (χ3v) is 4.44. The summed E-state index contributed by atoms with van der Waals surface area (Å²) >= 11 is 0. The summed E-state index contributed by atoms with van der Waals surface area (Å²) in [6, 6.07) is 0. The van der Waals surface area contributed by atoms with Crippen molar-refractivity contribution in [1.29, 1.82) is 0 Å². The van der Waals surface area contributed by atoms with Gasteiger partial charge in [-0.2, -0.15) is 0 Å². The van der Waals surface area contributed by atoms with Crippen LogP contribution < -0.4 is 5.32 Å². The molecule has 0 heterocycles. The average molecular weight is 225 g/mol. The van der Waals surface area contributed by atoms with E-state index in [0.29, 0.717) is 5.41 Å². The van der Waals surface area contributed by atoms with E-state index in [0.717, 1.165) is 18.4 Å². The van der Waals surface area contributed by atoms with Crippen LogP contribution in [0.4, 0.5) is 0 Å². The summed E-state index contributed by atoms with van der Waals surface area (Å²) in [4.78, 5) is 0. The van der Waals surface area contributed by atoms with Gasteiger partial charge in [0, 0.05) is 20.3 Å². The summed E-state index contributed by atoms with van der Waals surface area (Å²) < 4.78 is 5.19. The van der Waals surface area contributed by atoms with E-state index in [2.05, 4.69) is 12.2 Å². The quantitative estimate of drug-likeness (QED) is 0.641. The summed E-state index contributed by atoms with van der Waals surface area (Å²) in [5.74, 6) is 2.18. The van der Waals surface area contributed by atoms with E-state index in [1.165, 1.54) is 51.6 Å². The van der Waals surface area contributed by atoms with Crippen LogP contribution in [0.5, 0.6) is 0 Å². The minimum atomic E-state index is 0.626. The number of fused-ring (bicyclic) bond motifs is 1. The van der Waals surface area contributed by atoms with Crippen LogP contribution in [0.15, 0.2) is 0 Å². The van der Waals surface area contributed by atoms with Gasteiger partial charge in [0.05, 0.1) is 0 Å². The molecule has 2 aliphatic carbocycles. The van der Waals surface area contributed by atoms with Crippen LogP contribution in [0.3, 0.4) is 0 Å². The van der Waals surface area contributed by atoms with Gasteiger partial charge in [-0.15, -0.1) is 0 Å². The van der Waals surface area contributed by atoms with E-state index in [-0.39, 0.29) is 0 Å². The van der Waals surface area contributed by atoms with Crippen molar-refractivity contribution in [3.8, 4) is 0 Å². The Kier molecular flexibility index (Phi) is 4.26. The van der Waals surface area contributed by atoms with Gasteiger partial charge >= 0.3 is 0 Å². The minimum absolute atomic E-state index is 0.626. The second kappa shape index (κ2) is 5.50. The summed E-state index contributed by atoms with van der Waals surface area (Å²) in [5, 5.41) is 3.65. The lowest BCUT2D eigenvalue weighted by Crippen LogP contribution is -2.34. The van der Waals surface area contributed by atoms with Crippen LogP contribution in [-0.4, -0.2) is 26.8 Å². The SMILES string of the molecule is CCCNCC1(CCCOC)CC2CC2C1. The monoisotopic (exact) mass is 225 g/mol. The molecule has 0 amide bonds. The largest absolute Gasteiger partial charge is 0.385 e. The lowest BCUT2D eigenvalue weighted by atomic mass is 9.78. The van der Waals surface area contributed by atoms with Crippen LogP contribution >= 0.6 is 0 Å². The molecule has 1 N–H and O–H groups in total. The van der Waals surface area contributed by atoms with Crippen molar-refractivity contribution >= 4 is 0 Å². The number of methoxy groups -OCH3 is 1. The van der Waals surface area contributed by atoms with E-state index in [4.69, 9.17) is 4.74 Å². The fourth-order valence-electron chi connectivity index (χ4n) is 3.56. The zero-order valence-electron chi connectivity index (χ0n) is 10.9. The van der Waals surface area contributed by atoms with Gasteiger partial charge in [-0.1, -0.05) is 6.92 Å². The molecule has 2 aliphatic rings. The molecule has 2 unspecified atom stereocenters. The summed E-state index contributed by atoms with van der Waals surface area (Å²) in [5.41, 5.74) is 0.626. The second-order valence-electron chi connectivity index (χ2n) is 5.94. The van der Waals surface area contributed by atoms with Gasteiger partial charge in [0.25, 0.3) is 0 Å². The first-order valence-corrected chi connectivity index (χ1v) is 6.99. The fraction of sp³-hybridized carbons (Fsp3) is 1.00. The summed E-state index contributed by atoms with van der Waals surface area (Å²) in [6.07, 6.45) is 8.35. The molecular weight excluding hydrogens is 198 g/mol. The maximum absolute atomic E-state index is 5.19. The molecule has 0 aliphatic heterocycles. The van der Waals surface area contributed by atoms with Crippen LogP contribution in [0.2, 0.25) is 0 Å². The van der Waals surface area contributed by atoms with Crippen LogP contribution in [-0.2, 0) is 4.74 Å². The van der Waals surface area contributed by atoms with Crippen LogP contribution in [0.1, 0.15) is 45.4 Å². The Hall–Kier alpha value is -0.0800. The number of hydrogen-bond donors (Lipinski definition) is 1. The van der Waals surface area contributed by atoms with E-state index in [9.17, 15) is 0 Å². The maximum atomic E-state index is 5.19. The Balaban J connectivity index is 1.76. The Morgan fingerprint density at radius 2 is 2.06 bits per heavy atom. The van der Waals surface area contributed by atoms with Crippen molar-refractivity contribution in [3.05, 3.63) is 0 Å². The molecule has 16 heavy (non-hydrogen) atoms. The van der Waals surface area contributed by atoms with Crippen molar-refractivity contribution in [1.82, 2.24) is 5.32 Å². The number of rotatable bonds is 8. The Morgan fingerprint density at radius 1 is 1.31 bits per heavy atom. The van der Waals surface area contributed by atoms with Gasteiger partial charge in [0.15, 0.2) is 0 Å². The van der Waals surface area contributed by atoms with Crippen molar-refractivity contribution in [2.24, 2.45) is 17.3 Å². The van der Waals surface area contributed by atoms with Gasteiger partial charge in [0.2, 0.25) is 0 Å². The van der Waals surface area contributed by atoms with Crippen molar-refractivity contribution in [2.75, 3.05) is 26.8 Å². The number of ether oxygens (including phenoxy) is 1. The molecule has 0 aromatic carbocycles. The molecule has 2 nitrogen and oxygen atoms in total. The van der Waals surface area contributed by atoms with Crippen molar-refractivity contribution in [3.63, 3.8) is 0 Å². The highest BCUT2D eigenvalue weighted by Crippen LogP contribution is 2.61. The molecular formula is C14H27NO.